The second-order valence-electron chi connectivity index (χ2n) is 8.25. The molecule has 1 N–H and O–H groups in total. The molecule has 8 heteroatoms. The van der Waals surface area contributed by atoms with Crippen LogP contribution in [0.1, 0.15) is 19.4 Å². The molecule has 0 bridgehead atoms. The number of hydrogen-bond acceptors (Lipinski definition) is 5. The maximum Gasteiger partial charge on any atom is 0.247 e. The van der Waals surface area contributed by atoms with Gasteiger partial charge in [0.1, 0.15) is 11.7 Å². The summed E-state index contributed by atoms with van der Waals surface area (Å²) in [5, 5.41) is 7.69. The molecule has 3 aromatic rings. The summed E-state index contributed by atoms with van der Waals surface area (Å²) in [6.07, 6.45) is 8.66. The Labute approximate surface area is 197 Å². The van der Waals surface area contributed by atoms with Crippen LogP contribution in [0.25, 0.3) is 23.0 Å². The number of nitrogens with one attached hydrogen (secondary N) is 1. The van der Waals surface area contributed by atoms with E-state index in [9.17, 15) is 9.59 Å². The van der Waals surface area contributed by atoms with Crippen LogP contribution in [0.4, 0.5) is 0 Å². The van der Waals surface area contributed by atoms with Gasteiger partial charge in [0.2, 0.25) is 11.8 Å². The Morgan fingerprint density at radius 3 is 2.76 bits per heavy atom. The summed E-state index contributed by atoms with van der Waals surface area (Å²) in [6.45, 7) is 4.70. The first kappa shape index (κ1) is 22.8. The molecule has 0 saturated carbocycles. The average molecular weight is 462 g/mol. The maximum atomic E-state index is 13.0. The van der Waals surface area contributed by atoms with Gasteiger partial charge in [-0.2, -0.15) is 5.10 Å². The van der Waals surface area contributed by atoms with Crippen molar-refractivity contribution in [2.75, 3.05) is 18.2 Å². The molecule has 1 aliphatic rings. The van der Waals surface area contributed by atoms with Gasteiger partial charge in [-0.05, 0) is 36.3 Å². The van der Waals surface area contributed by atoms with Crippen molar-refractivity contribution in [2.24, 2.45) is 5.92 Å². The van der Waals surface area contributed by atoms with E-state index in [1.165, 1.54) is 6.08 Å². The van der Waals surface area contributed by atoms with Crippen molar-refractivity contribution in [1.82, 2.24) is 25.0 Å². The number of aromatic nitrogens is 3. The fraction of sp³-hybridized carbons (Fsp3) is 0.280. The van der Waals surface area contributed by atoms with E-state index in [0.29, 0.717) is 24.1 Å². The molecule has 1 aromatic carbocycles. The molecule has 1 fully saturated rings. The number of amides is 2. The van der Waals surface area contributed by atoms with Crippen molar-refractivity contribution in [2.45, 2.75) is 19.9 Å². The van der Waals surface area contributed by atoms with Crippen molar-refractivity contribution in [1.29, 1.82) is 0 Å². The Balaban J connectivity index is 1.57. The van der Waals surface area contributed by atoms with Gasteiger partial charge in [0.05, 0.1) is 11.6 Å². The lowest BCUT2D eigenvalue weighted by atomic mass is 10.1. The second-order valence-corrected chi connectivity index (χ2v) is 9.25. The molecule has 1 saturated heterocycles. The third-order valence-corrected chi connectivity index (χ3v) is 6.27. The number of para-hydroxylation sites is 1. The molecule has 2 aromatic heterocycles. The van der Waals surface area contributed by atoms with E-state index in [2.05, 4.69) is 10.3 Å². The minimum Gasteiger partial charge on any atom is -0.354 e. The van der Waals surface area contributed by atoms with E-state index in [-0.39, 0.29) is 11.8 Å². The highest BCUT2D eigenvalue weighted by Crippen LogP contribution is 2.25. The van der Waals surface area contributed by atoms with Crippen molar-refractivity contribution >= 4 is 29.7 Å². The minimum absolute atomic E-state index is 0.0941. The molecular weight excluding hydrogens is 434 g/mol. The Hall–Kier alpha value is -3.39. The number of benzene rings is 1. The molecule has 0 spiro atoms. The standard InChI is InChI=1S/C25H27N5O2S/c1-18(2)13-27-25(32)22-16-33-17-29(22)23(31)11-10-20-15-30(21-8-4-3-5-9-21)28-24(20)19-7-6-12-26-14-19/h3-12,14-15,18,22H,13,16-17H2,1-2H3,(H,27,32)/b11-10+. The van der Waals surface area contributed by atoms with Crippen LogP contribution in [0.15, 0.2) is 67.1 Å². The summed E-state index contributed by atoms with van der Waals surface area (Å²) < 4.78 is 1.79. The highest BCUT2D eigenvalue weighted by Gasteiger charge is 2.33. The number of thioether (sulfide) groups is 1. The van der Waals surface area contributed by atoms with Crippen LogP contribution in [-0.2, 0) is 9.59 Å². The van der Waals surface area contributed by atoms with Gasteiger partial charge in [0.25, 0.3) is 0 Å². The molecule has 4 rings (SSSR count). The van der Waals surface area contributed by atoms with E-state index >= 15 is 0 Å². The van der Waals surface area contributed by atoms with Crippen LogP contribution in [0, 0.1) is 5.92 Å². The van der Waals surface area contributed by atoms with E-state index < -0.39 is 6.04 Å². The largest absolute Gasteiger partial charge is 0.354 e. The van der Waals surface area contributed by atoms with Crippen molar-refractivity contribution in [3.8, 4) is 16.9 Å². The summed E-state index contributed by atoms with van der Waals surface area (Å²) in [5.41, 5.74) is 3.32. The third-order valence-electron chi connectivity index (χ3n) is 5.26. The van der Waals surface area contributed by atoms with E-state index in [0.717, 1.165) is 22.5 Å². The van der Waals surface area contributed by atoms with E-state index in [1.54, 1.807) is 39.8 Å². The Kier molecular flexibility index (Phi) is 7.24. The lowest BCUT2D eigenvalue weighted by Crippen LogP contribution is -2.47. The number of carbonyl (C=O) groups is 2. The summed E-state index contributed by atoms with van der Waals surface area (Å²) in [6, 6.07) is 13.2. The summed E-state index contributed by atoms with van der Waals surface area (Å²) in [4.78, 5) is 31.4. The predicted octanol–water partition coefficient (Wildman–Crippen LogP) is 3.62. The summed E-state index contributed by atoms with van der Waals surface area (Å²) in [7, 11) is 0. The molecule has 0 radical (unpaired) electrons. The molecular formula is C25H27N5O2S. The van der Waals surface area contributed by atoms with Gasteiger partial charge in [0, 0.05) is 48.1 Å². The summed E-state index contributed by atoms with van der Waals surface area (Å²) >= 11 is 1.59. The number of hydrogen-bond donors (Lipinski definition) is 1. The molecule has 7 nitrogen and oxygen atoms in total. The number of pyridine rings is 1. The normalized spacial score (nSPS) is 16.0. The Bertz CT molecular complexity index is 1130. The topological polar surface area (TPSA) is 80.1 Å². The van der Waals surface area contributed by atoms with E-state index in [4.69, 9.17) is 5.10 Å². The molecule has 33 heavy (non-hydrogen) atoms. The van der Waals surface area contributed by atoms with Gasteiger partial charge in [-0.3, -0.25) is 14.6 Å². The first-order chi connectivity index (χ1) is 16.0. The number of rotatable bonds is 7. The molecule has 1 atom stereocenters. The Morgan fingerprint density at radius 2 is 2.03 bits per heavy atom. The van der Waals surface area contributed by atoms with E-state index in [1.807, 2.05) is 62.5 Å². The SMILES string of the molecule is CC(C)CNC(=O)C1CSCN1C(=O)/C=C/c1cn(-c2ccccc2)nc1-c1cccnc1. The smallest absolute Gasteiger partial charge is 0.247 e. The van der Waals surface area contributed by atoms with Gasteiger partial charge in [-0.25, -0.2) is 4.68 Å². The highest BCUT2D eigenvalue weighted by atomic mass is 32.2. The average Bonchev–Trinajstić information content (AvgIpc) is 3.50. The number of carbonyl (C=O) groups excluding carboxylic acids is 2. The monoisotopic (exact) mass is 461 g/mol. The van der Waals surface area contributed by atoms with Gasteiger partial charge in [-0.15, -0.1) is 11.8 Å². The van der Waals surface area contributed by atoms with Crippen molar-refractivity contribution in [3.63, 3.8) is 0 Å². The molecule has 1 aliphatic heterocycles. The molecule has 170 valence electrons. The van der Waals surface area contributed by atoms with Crippen LogP contribution in [0.2, 0.25) is 0 Å². The van der Waals surface area contributed by atoms with Crippen LogP contribution in [-0.4, -0.2) is 55.7 Å². The lowest BCUT2D eigenvalue weighted by Gasteiger charge is -2.22. The maximum absolute atomic E-state index is 13.0. The van der Waals surface area contributed by atoms with Crippen LogP contribution in [0.3, 0.4) is 0 Å². The van der Waals surface area contributed by atoms with Gasteiger partial charge < -0.3 is 10.2 Å². The lowest BCUT2D eigenvalue weighted by molar-refractivity contribution is -0.134. The van der Waals surface area contributed by atoms with Gasteiger partial charge >= 0.3 is 0 Å². The zero-order valence-corrected chi connectivity index (χ0v) is 19.5. The van der Waals surface area contributed by atoms with Crippen molar-refractivity contribution < 1.29 is 9.59 Å². The van der Waals surface area contributed by atoms with Gasteiger partial charge in [0.15, 0.2) is 0 Å². The van der Waals surface area contributed by atoms with Crippen LogP contribution in [0.5, 0.6) is 0 Å². The zero-order chi connectivity index (χ0) is 23.2. The molecule has 3 heterocycles. The minimum atomic E-state index is -0.448. The molecule has 2 amide bonds. The van der Waals surface area contributed by atoms with Gasteiger partial charge in [-0.1, -0.05) is 32.0 Å². The first-order valence-corrected chi connectivity index (χ1v) is 12.1. The predicted molar refractivity (Wildman–Crippen MR) is 132 cm³/mol. The third kappa shape index (κ3) is 5.51. The zero-order valence-electron chi connectivity index (χ0n) is 18.7. The number of nitrogens with zero attached hydrogens (tertiary/aromatic N) is 4. The molecule has 1 unspecified atom stereocenters. The Morgan fingerprint density at radius 1 is 1.21 bits per heavy atom. The van der Waals surface area contributed by atoms with Crippen LogP contribution >= 0.6 is 11.8 Å². The molecule has 0 aliphatic carbocycles. The van der Waals surface area contributed by atoms with Crippen LogP contribution < -0.4 is 5.32 Å². The van der Waals surface area contributed by atoms with Crippen molar-refractivity contribution in [3.05, 3.63) is 72.7 Å². The second kappa shape index (κ2) is 10.5. The quantitative estimate of drug-likeness (QED) is 0.544. The summed E-state index contributed by atoms with van der Waals surface area (Å²) in [5.74, 6) is 1.19. The fourth-order valence-corrected chi connectivity index (χ4v) is 4.67. The highest BCUT2D eigenvalue weighted by molar-refractivity contribution is 7.99. The fourth-order valence-electron chi connectivity index (χ4n) is 3.51. The first-order valence-electron chi connectivity index (χ1n) is 10.9.